The molecule has 0 bridgehead atoms. The Hall–Kier alpha value is -1.15. The van der Waals surface area contributed by atoms with Crippen LogP contribution in [0.5, 0.6) is 0 Å². The minimum absolute atomic E-state index is 0.0800. The number of carboxylic acids is 1. The van der Waals surface area contributed by atoms with Gasteiger partial charge in [-0.2, -0.15) is 8.42 Å². The fourth-order valence-electron chi connectivity index (χ4n) is 2.39. The van der Waals surface area contributed by atoms with Gasteiger partial charge in [0.25, 0.3) is 10.1 Å². The second kappa shape index (κ2) is 13.1. The van der Waals surface area contributed by atoms with E-state index in [0.29, 0.717) is 12.8 Å². The maximum absolute atomic E-state index is 12.4. The molecule has 1 N–H and O–H groups in total. The first kappa shape index (κ1) is 25.9. The molecule has 0 fully saturated rings. The van der Waals surface area contributed by atoms with Crippen LogP contribution < -0.4 is 0 Å². The second-order valence-electron chi connectivity index (χ2n) is 7.42. The zero-order valence-corrected chi connectivity index (χ0v) is 18.0. The number of aliphatic carboxylic acids is 1. The van der Waals surface area contributed by atoms with Crippen LogP contribution in [0.1, 0.15) is 91.9 Å². The van der Waals surface area contributed by atoms with Gasteiger partial charge in [0.05, 0.1) is 18.6 Å². The van der Waals surface area contributed by atoms with Crippen LogP contribution in [0.4, 0.5) is 0 Å². The normalized spacial score (nSPS) is 13.3. The highest BCUT2D eigenvalue weighted by Crippen LogP contribution is 2.22. The number of carboxylic acid groups (broad SMARTS) is 1. The van der Waals surface area contributed by atoms with Gasteiger partial charge in [-0.25, -0.2) is 0 Å². The van der Waals surface area contributed by atoms with Crippen molar-refractivity contribution in [1.29, 1.82) is 0 Å². The smallest absolute Gasteiger partial charge is 0.327 e. The van der Waals surface area contributed by atoms with Gasteiger partial charge in [0, 0.05) is 0 Å². The summed E-state index contributed by atoms with van der Waals surface area (Å²) in [6.45, 7) is 7.11. The van der Waals surface area contributed by atoms with Gasteiger partial charge < -0.3 is 9.84 Å². The lowest BCUT2D eigenvalue weighted by atomic mass is 10.1. The van der Waals surface area contributed by atoms with Gasteiger partial charge in [-0.15, -0.1) is 0 Å². The molecule has 0 aromatic rings. The molecule has 0 saturated carbocycles. The molecule has 0 radical (unpaired) electrons. The number of unbranched alkanes of at least 4 members (excludes halogenated alkanes) is 7. The Bertz CT molecular complexity index is 540. The summed E-state index contributed by atoms with van der Waals surface area (Å²) in [4.78, 5) is 23.2. The molecule has 160 valence electrons. The molecule has 0 aromatic heterocycles. The van der Waals surface area contributed by atoms with Gasteiger partial charge in [-0.1, -0.05) is 58.8 Å². The molecule has 0 heterocycles. The Morgan fingerprint density at radius 3 is 1.96 bits per heavy atom. The third-order valence-corrected chi connectivity index (χ3v) is 6.15. The van der Waals surface area contributed by atoms with E-state index >= 15 is 0 Å². The fraction of sp³-hybridized carbons (Fsp3) is 0.895. The number of hydrogen-bond acceptors (Lipinski definition) is 6. The van der Waals surface area contributed by atoms with E-state index in [2.05, 4.69) is 6.92 Å². The van der Waals surface area contributed by atoms with E-state index in [1.807, 2.05) is 0 Å². The van der Waals surface area contributed by atoms with Crippen molar-refractivity contribution < 1.29 is 32.0 Å². The van der Waals surface area contributed by atoms with E-state index in [1.165, 1.54) is 25.7 Å². The van der Waals surface area contributed by atoms with Crippen molar-refractivity contribution in [3.63, 3.8) is 0 Å². The Labute approximate surface area is 163 Å². The van der Waals surface area contributed by atoms with Crippen LogP contribution in [0.15, 0.2) is 0 Å². The van der Waals surface area contributed by atoms with Gasteiger partial charge in [0.1, 0.15) is 0 Å². The predicted molar refractivity (Wildman–Crippen MR) is 104 cm³/mol. The standard InChI is InChI=1S/C19H36O7S/c1-5-7-8-9-10-11-12-13-14-25-18(22)16(15-17(20)21)27(23,24)26-19(3,4)6-2/h16H,5-15H2,1-4H3,(H,20,21). The van der Waals surface area contributed by atoms with Gasteiger partial charge in [0.15, 0.2) is 5.25 Å². The van der Waals surface area contributed by atoms with Gasteiger partial charge >= 0.3 is 11.9 Å². The fourth-order valence-corrected chi connectivity index (χ4v) is 3.91. The third-order valence-electron chi connectivity index (χ3n) is 4.41. The lowest BCUT2D eigenvalue weighted by molar-refractivity contribution is -0.147. The van der Waals surface area contributed by atoms with Crippen molar-refractivity contribution in [3.05, 3.63) is 0 Å². The number of carbonyl (C=O) groups excluding carboxylic acids is 1. The quantitative estimate of drug-likeness (QED) is 0.233. The van der Waals surface area contributed by atoms with Crippen LogP contribution in [-0.2, 0) is 28.6 Å². The third kappa shape index (κ3) is 12.0. The molecule has 1 unspecified atom stereocenters. The molecule has 7 nitrogen and oxygen atoms in total. The van der Waals surface area contributed by atoms with Crippen molar-refractivity contribution in [3.8, 4) is 0 Å². The zero-order chi connectivity index (χ0) is 20.9. The molecule has 0 aromatic carbocycles. The second-order valence-corrected chi connectivity index (χ2v) is 9.14. The summed E-state index contributed by atoms with van der Waals surface area (Å²) in [5.41, 5.74) is -1.02. The van der Waals surface area contributed by atoms with Crippen molar-refractivity contribution in [2.24, 2.45) is 0 Å². The maximum Gasteiger partial charge on any atom is 0.327 e. The molecular formula is C19H36O7S. The van der Waals surface area contributed by atoms with Crippen molar-refractivity contribution >= 4 is 22.1 Å². The van der Waals surface area contributed by atoms with Gasteiger partial charge in [-0.3, -0.25) is 13.8 Å². The van der Waals surface area contributed by atoms with Crippen LogP contribution in [0.2, 0.25) is 0 Å². The van der Waals surface area contributed by atoms with E-state index in [1.54, 1.807) is 20.8 Å². The van der Waals surface area contributed by atoms with Crippen LogP contribution in [0.25, 0.3) is 0 Å². The summed E-state index contributed by atoms with van der Waals surface area (Å²) < 4.78 is 34.8. The van der Waals surface area contributed by atoms with Crippen molar-refractivity contribution in [2.45, 2.75) is 103 Å². The summed E-state index contributed by atoms with van der Waals surface area (Å²) in [6.07, 6.45) is 8.05. The molecular weight excluding hydrogens is 372 g/mol. The SMILES string of the molecule is CCCCCCCCCCOC(=O)C(CC(=O)O)S(=O)(=O)OC(C)(C)CC. The van der Waals surface area contributed by atoms with Crippen LogP contribution in [0, 0.1) is 0 Å². The Balaban J connectivity index is 4.49. The number of hydrogen-bond donors (Lipinski definition) is 1. The summed E-state index contributed by atoms with van der Waals surface area (Å²) in [7, 11) is -4.40. The van der Waals surface area contributed by atoms with Crippen LogP contribution >= 0.6 is 0 Å². The first-order valence-electron chi connectivity index (χ1n) is 9.88. The van der Waals surface area contributed by atoms with E-state index in [0.717, 1.165) is 19.3 Å². The average Bonchev–Trinajstić information content (AvgIpc) is 2.57. The van der Waals surface area contributed by atoms with Gasteiger partial charge in [0.2, 0.25) is 0 Å². The molecule has 27 heavy (non-hydrogen) atoms. The van der Waals surface area contributed by atoms with Crippen LogP contribution in [0.3, 0.4) is 0 Å². The van der Waals surface area contributed by atoms with E-state index < -0.39 is 39.3 Å². The maximum atomic E-state index is 12.4. The lowest BCUT2D eigenvalue weighted by Gasteiger charge is -2.25. The predicted octanol–water partition coefficient (Wildman–Crippen LogP) is 4.05. The molecule has 0 amide bonds. The molecule has 0 aliphatic rings. The highest BCUT2D eigenvalue weighted by molar-refractivity contribution is 7.88. The zero-order valence-electron chi connectivity index (χ0n) is 17.2. The largest absolute Gasteiger partial charge is 0.481 e. The average molecular weight is 409 g/mol. The highest BCUT2D eigenvalue weighted by Gasteiger charge is 2.40. The Morgan fingerprint density at radius 2 is 1.48 bits per heavy atom. The summed E-state index contributed by atoms with van der Waals surface area (Å²) in [6, 6.07) is 0. The Kier molecular flexibility index (Phi) is 12.5. The molecule has 8 heteroatoms. The highest BCUT2D eigenvalue weighted by atomic mass is 32.2. The number of esters is 1. The number of rotatable bonds is 16. The number of ether oxygens (including phenoxy) is 1. The minimum Gasteiger partial charge on any atom is -0.481 e. The number of carbonyl (C=O) groups is 2. The summed E-state index contributed by atoms with van der Waals surface area (Å²) in [5, 5.41) is 7.10. The van der Waals surface area contributed by atoms with E-state index in [4.69, 9.17) is 14.0 Å². The molecule has 0 aliphatic heterocycles. The van der Waals surface area contributed by atoms with E-state index in [-0.39, 0.29) is 6.61 Å². The topological polar surface area (TPSA) is 107 Å². The molecule has 0 saturated heterocycles. The Morgan fingerprint density at radius 1 is 0.963 bits per heavy atom. The lowest BCUT2D eigenvalue weighted by Crippen LogP contribution is -2.40. The monoisotopic (exact) mass is 408 g/mol. The molecule has 0 rings (SSSR count). The van der Waals surface area contributed by atoms with Crippen molar-refractivity contribution in [1.82, 2.24) is 0 Å². The summed E-state index contributed by atoms with van der Waals surface area (Å²) in [5.74, 6) is -2.46. The summed E-state index contributed by atoms with van der Waals surface area (Å²) >= 11 is 0. The molecule has 1 atom stereocenters. The first-order chi connectivity index (χ1) is 12.6. The molecule has 0 spiro atoms. The minimum atomic E-state index is -4.40. The van der Waals surface area contributed by atoms with Gasteiger partial charge in [-0.05, 0) is 26.7 Å². The van der Waals surface area contributed by atoms with Crippen LogP contribution in [-0.4, -0.2) is 42.9 Å². The first-order valence-corrected chi connectivity index (χ1v) is 11.4. The van der Waals surface area contributed by atoms with E-state index in [9.17, 15) is 18.0 Å². The van der Waals surface area contributed by atoms with Crippen molar-refractivity contribution in [2.75, 3.05) is 6.61 Å². The molecule has 0 aliphatic carbocycles.